The molecule has 0 spiro atoms. The van der Waals surface area contributed by atoms with Gasteiger partial charge in [0.1, 0.15) is 11.2 Å². The van der Waals surface area contributed by atoms with Gasteiger partial charge in [0.2, 0.25) is 11.3 Å². The lowest BCUT2D eigenvalue weighted by Crippen LogP contribution is -2.47. The second-order valence-corrected chi connectivity index (χ2v) is 7.31. The number of hydrogen-bond acceptors (Lipinski definition) is 6. The number of benzene rings is 2. The third-order valence-corrected chi connectivity index (χ3v) is 5.90. The smallest absolute Gasteiger partial charge is 0.345 e. The molecule has 1 aliphatic heterocycles. The molecule has 0 bridgehead atoms. The molecule has 1 atom stereocenters. The van der Waals surface area contributed by atoms with Crippen molar-refractivity contribution in [2.45, 2.75) is 12.5 Å². The zero-order valence-corrected chi connectivity index (χ0v) is 15.3. The van der Waals surface area contributed by atoms with Gasteiger partial charge in [0.05, 0.1) is 17.7 Å². The van der Waals surface area contributed by atoms with Gasteiger partial charge >= 0.3 is 5.97 Å². The molecule has 27 heavy (non-hydrogen) atoms. The average Bonchev–Trinajstić information content (AvgIpc) is 3.38. The van der Waals surface area contributed by atoms with Crippen molar-refractivity contribution >= 4 is 50.7 Å². The molecule has 4 aromatic rings. The lowest BCUT2D eigenvalue weighted by Gasteiger charge is -2.25. The molecule has 0 radical (unpaired) electrons. The first-order chi connectivity index (χ1) is 13.2. The monoisotopic (exact) mass is 377 g/mol. The second-order valence-electron chi connectivity index (χ2n) is 6.36. The van der Waals surface area contributed by atoms with E-state index in [1.54, 1.807) is 25.1 Å². The summed E-state index contributed by atoms with van der Waals surface area (Å²) in [5.74, 6) is -0.889. The van der Waals surface area contributed by atoms with Gasteiger partial charge in [0, 0.05) is 15.8 Å². The number of ether oxygens (including phenoxy) is 1. The second kappa shape index (κ2) is 5.69. The fraction of sp³-hybridized carbons (Fsp3) is 0.143. The molecule has 0 aliphatic carbocycles. The number of esters is 1. The van der Waals surface area contributed by atoms with Crippen molar-refractivity contribution in [3.63, 3.8) is 0 Å². The van der Waals surface area contributed by atoms with Crippen LogP contribution in [0.3, 0.4) is 0 Å². The number of furan rings is 1. The van der Waals surface area contributed by atoms with Crippen molar-refractivity contribution in [2.75, 3.05) is 11.9 Å². The van der Waals surface area contributed by atoms with E-state index in [2.05, 4.69) is 5.32 Å². The Labute approximate surface area is 158 Å². The largest absolute Gasteiger partial charge is 0.464 e. The molecule has 3 heterocycles. The summed E-state index contributed by atoms with van der Waals surface area (Å²) in [4.78, 5) is 27.0. The van der Waals surface area contributed by atoms with Crippen LogP contribution < -0.4 is 5.32 Å². The van der Waals surface area contributed by atoms with E-state index in [4.69, 9.17) is 9.15 Å². The Morgan fingerprint density at radius 1 is 1.15 bits per heavy atom. The highest BCUT2D eigenvalue weighted by molar-refractivity contribution is 7.10. The Morgan fingerprint density at radius 3 is 2.78 bits per heavy atom. The minimum Gasteiger partial charge on any atom is -0.464 e. The number of thiophene rings is 1. The van der Waals surface area contributed by atoms with Gasteiger partial charge in [-0.1, -0.05) is 24.3 Å². The van der Waals surface area contributed by atoms with E-state index >= 15 is 0 Å². The van der Waals surface area contributed by atoms with Crippen molar-refractivity contribution in [1.82, 2.24) is 0 Å². The van der Waals surface area contributed by atoms with E-state index in [0.29, 0.717) is 21.7 Å². The summed E-state index contributed by atoms with van der Waals surface area (Å²) in [6.07, 6.45) is 0. The fourth-order valence-corrected chi connectivity index (χ4v) is 4.60. The predicted molar refractivity (Wildman–Crippen MR) is 104 cm³/mol. The van der Waals surface area contributed by atoms with Crippen molar-refractivity contribution < 1.29 is 18.7 Å². The number of nitrogens with one attached hydrogen (secondary N) is 1. The molecule has 0 amide bonds. The van der Waals surface area contributed by atoms with Crippen LogP contribution in [0.2, 0.25) is 0 Å². The molecule has 0 unspecified atom stereocenters. The molecule has 0 saturated heterocycles. The van der Waals surface area contributed by atoms with Gasteiger partial charge in [0.15, 0.2) is 0 Å². The Morgan fingerprint density at radius 2 is 2.00 bits per heavy atom. The lowest BCUT2D eigenvalue weighted by molar-refractivity contribution is -0.146. The van der Waals surface area contributed by atoms with Crippen LogP contribution in [0.1, 0.15) is 22.2 Å². The van der Waals surface area contributed by atoms with Crippen LogP contribution in [0.5, 0.6) is 0 Å². The van der Waals surface area contributed by atoms with Gasteiger partial charge in [-0.2, -0.15) is 0 Å². The number of carbonyl (C=O) groups is 2. The van der Waals surface area contributed by atoms with Crippen LogP contribution in [0.15, 0.2) is 58.3 Å². The highest BCUT2D eigenvalue weighted by Gasteiger charge is 2.55. The summed E-state index contributed by atoms with van der Waals surface area (Å²) in [6, 6.07) is 14.8. The molecule has 134 valence electrons. The predicted octanol–water partition coefficient (Wildman–Crippen LogP) is 4.71. The van der Waals surface area contributed by atoms with E-state index < -0.39 is 11.5 Å². The highest BCUT2D eigenvalue weighted by atomic mass is 32.1. The van der Waals surface area contributed by atoms with Crippen molar-refractivity contribution in [3.05, 3.63) is 64.4 Å². The van der Waals surface area contributed by atoms with Gasteiger partial charge in [0.25, 0.3) is 0 Å². The number of ketones is 1. The Balaban J connectivity index is 1.80. The molecule has 2 aromatic heterocycles. The Bertz CT molecular complexity index is 1210. The topological polar surface area (TPSA) is 68.5 Å². The van der Waals surface area contributed by atoms with Gasteiger partial charge in [-0.15, -0.1) is 11.3 Å². The number of anilines is 1. The van der Waals surface area contributed by atoms with Gasteiger partial charge in [-0.3, -0.25) is 4.79 Å². The number of hydrogen-bond donors (Lipinski definition) is 1. The molecule has 0 saturated carbocycles. The lowest BCUT2D eigenvalue weighted by atomic mass is 9.91. The molecule has 5 rings (SSSR count). The van der Waals surface area contributed by atoms with Crippen LogP contribution in [0.4, 0.5) is 5.69 Å². The zero-order chi connectivity index (χ0) is 18.6. The van der Waals surface area contributed by atoms with Crippen LogP contribution >= 0.6 is 11.3 Å². The summed E-state index contributed by atoms with van der Waals surface area (Å²) in [5.41, 5.74) is 0.930. The van der Waals surface area contributed by atoms with E-state index in [9.17, 15) is 9.59 Å². The van der Waals surface area contributed by atoms with E-state index in [1.165, 1.54) is 11.3 Å². The summed E-state index contributed by atoms with van der Waals surface area (Å²) in [6.45, 7) is 1.93. The zero-order valence-electron chi connectivity index (χ0n) is 14.4. The summed E-state index contributed by atoms with van der Waals surface area (Å²) < 4.78 is 11.2. The molecule has 2 aromatic carbocycles. The Hall–Kier alpha value is -3.12. The molecule has 6 heteroatoms. The number of rotatable bonds is 3. The SMILES string of the molecule is CCOC(=O)[C@]1(c2cccs2)Nc2c(ccc3oc4ccccc4c23)C1=O. The van der Waals surface area contributed by atoms with Crippen molar-refractivity contribution in [3.8, 4) is 0 Å². The number of Topliss-reactive ketones (excluding diaryl/α,β-unsaturated/α-hetero) is 1. The minimum atomic E-state index is -1.56. The Kier molecular flexibility index (Phi) is 3.39. The van der Waals surface area contributed by atoms with E-state index in [1.807, 2.05) is 35.7 Å². The molecular formula is C21H15NO4S. The van der Waals surface area contributed by atoms with Gasteiger partial charge in [-0.05, 0) is 36.6 Å². The van der Waals surface area contributed by atoms with Crippen LogP contribution in [-0.4, -0.2) is 18.4 Å². The molecular weight excluding hydrogens is 362 g/mol. The number of fused-ring (bicyclic) bond motifs is 5. The first-order valence-electron chi connectivity index (χ1n) is 8.65. The third-order valence-electron chi connectivity index (χ3n) is 4.91. The van der Waals surface area contributed by atoms with Gasteiger partial charge < -0.3 is 14.5 Å². The molecule has 1 aliphatic rings. The normalized spacial score (nSPS) is 18.6. The molecule has 5 nitrogen and oxygen atoms in total. The van der Waals surface area contributed by atoms with Crippen LogP contribution in [0.25, 0.3) is 21.9 Å². The minimum absolute atomic E-state index is 0.196. The number of carbonyl (C=O) groups excluding carboxylic acids is 2. The fourth-order valence-electron chi connectivity index (χ4n) is 3.73. The summed E-state index contributed by atoms with van der Waals surface area (Å²) in [5, 5.41) is 6.78. The molecule has 1 N–H and O–H groups in total. The van der Waals surface area contributed by atoms with Crippen molar-refractivity contribution in [1.29, 1.82) is 0 Å². The summed E-state index contributed by atoms with van der Waals surface area (Å²) >= 11 is 1.35. The maximum atomic E-state index is 13.4. The highest BCUT2D eigenvalue weighted by Crippen LogP contribution is 2.47. The maximum Gasteiger partial charge on any atom is 0.345 e. The van der Waals surface area contributed by atoms with Crippen molar-refractivity contribution in [2.24, 2.45) is 0 Å². The van der Waals surface area contributed by atoms with Crippen LogP contribution in [-0.2, 0) is 15.1 Å². The third kappa shape index (κ3) is 2.04. The van der Waals surface area contributed by atoms with E-state index in [0.717, 1.165) is 16.4 Å². The quantitative estimate of drug-likeness (QED) is 0.413. The van der Waals surface area contributed by atoms with E-state index in [-0.39, 0.29) is 12.4 Å². The average molecular weight is 377 g/mol. The maximum absolute atomic E-state index is 13.4. The first-order valence-corrected chi connectivity index (χ1v) is 9.53. The van der Waals surface area contributed by atoms with Gasteiger partial charge in [-0.25, -0.2) is 4.79 Å². The first kappa shape index (κ1) is 16.1. The standard InChI is InChI=1S/C21H15NO4S/c1-2-25-20(24)21(16-8-5-11-27-16)19(23)13-9-10-15-17(18(13)22-21)12-6-3-4-7-14(12)26-15/h3-11,22H,2H2,1H3/t21-/m1/s1. The summed E-state index contributed by atoms with van der Waals surface area (Å²) in [7, 11) is 0. The number of para-hydroxylation sites is 1. The molecule has 0 fully saturated rings. The van der Waals surface area contributed by atoms with Crippen LogP contribution in [0, 0.1) is 0 Å².